The summed E-state index contributed by atoms with van der Waals surface area (Å²) in [6, 6.07) is 0. The van der Waals surface area contributed by atoms with Crippen LogP contribution in [0.25, 0.3) is 0 Å². The summed E-state index contributed by atoms with van der Waals surface area (Å²) in [7, 11) is 0. The summed E-state index contributed by atoms with van der Waals surface area (Å²) < 4.78 is 5.60. The van der Waals surface area contributed by atoms with Crippen molar-refractivity contribution in [1.82, 2.24) is 9.97 Å². The third-order valence-corrected chi connectivity index (χ3v) is 2.83. The van der Waals surface area contributed by atoms with Gasteiger partial charge in [-0.1, -0.05) is 13.3 Å². The molecule has 1 aromatic rings. The molecule has 0 aromatic carbocycles. The molecule has 0 saturated heterocycles. The normalized spacial score (nSPS) is 12.7. The van der Waals surface area contributed by atoms with Gasteiger partial charge in [-0.15, -0.1) is 0 Å². The zero-order valence-corrected chi connectivity index (χ0v) is 11.3. The second-order valence-corrected chi connectivity index (χ2v) is 4.22. The van der Waals surface area contributed by atoms with Crippen molar-refractivity contribution < 1.29 is 9.84 Å². The Bertz CT molecular complexity index is 423. The fourth-order valence-corrected chi connectivity index (χ4v) is 1.95. The first kappa shape index (κ1) is 14.9. The van der Waals surface area contributed by atoms with Crippen LogP contribution in [-0.2, 0) is 11.2 Å². The van der Waals surface area contributed by atoms with E-state index in [1.165, 1.54) is 0 Å². The maximum atomic E-state index is 11.9. The van der Waals surface area contributed by atoms with Crippen molar-refractivity contribution in [3.8, 4) is 0 Å². The molecule has 1 unspecified atom stereocenters. The van der Waals surface area contributed by atoms with Gasteiger partial charge in [-0.2, -0.15) is 0 Å². The largest absolute Gasteiger partial charge is 0.396 e. The molecular formula is C13H22N2O3. The SMILES string of the molecule is CCCC(OCC)c1nc(C)c(CCO)c(=O)[nH]1. The van der Waals surface area contributed by atoms with Gasteiger partial charge in [-0.05, 0) is 20.3 Å². The lowest BCUT2D eigenvalue weighted by Gasteiger charge is -2.16. The number of aliphatic hydroxyl groups is 1. The molecule has 0 aliphatic heterocycles. The van der Waals surface area contributed by atoms with Gasteiger partial charge in [0.1, 0.15) is 11.9 Å². The van der Waals surface area contributed by atoms with Gasteiger partial charge in [0.15, 0.2) is 0 Å². The van der Waals surface area contributed by atoms with Crippen LogP contribution in [0.3, 0.4) is 0 Å². The number of hydrogen-bond donors (Lipinski definition) is 2. The smallest absolute Gasteiger partial charge is 0.254 e. The van der Waals surface area contributed by atoms with Gasteiger partial charge in [0.2, 0.25) is 0 Å². The predicted molar refractivity (Wildman–Crippen MR) is 69.7 cm³/mol. The second kappa shape index (κ2) is 7.28. The Morgan fingerprint density at radius 1 is 1.44 bits per heavy atom. The third-order valence-electron chi connectivity index (χ3n) is 2.83. The Hall–Kier alpha value is -1.20. The van der Waals surface area contributed by atoms with Crippen molar-refractivity contribution in [3.05, 3.63) is 27.4 Å². The van der Waals surface area contributed by atoms with Crippen molar-refractivity contribution in [2.24, 2.45) is 0 Å². The summed E-state index contributed by atoms with van der Waals surface area (Å²) in [6.45, 7) is 6.32. The lowest BCUT2D eigenvalue weighted by Crippen LogP contribution is -2.22. The number of nitrogens with zero attached hydrogens (tertiary/aromatic N) is 1. The monoisotopic (exact) mass is 254 g/mol. The molecule has 0 aliphatic rings. The minimum Gasteiger partial charge on any atom is -0.396 e. The van der Waals surface area contributed by atoms with E-state index in [-0.39, 0.29) is 18.3 Å². The minimum atomic E-state index is -0.174. The van der Waals surface area contributed by atoms with Crippen LogP contribution in [0.4, 0.5) is 0 Å². The molecule has 1 rings (SSSR count). The van der Waals surface area contributed by atoms with E-state index in [0.717, 1.165) is 12.8 Å². The van der Waals surface area contributed by atoms with E-state index in [4.69, 9.17) is 9.84 Å². The van der Waals surface area contributed by atoms with Gasteiger partial charge in [0.05, 0.1) is 0 Å². The summed E-state index contributed by atoms with van der Waals surface area (Å²) in [4.78, 5) is 19.1. The Labute approximate surface area is 107 Å². The Balaban J connectivity index is 3.06. The topological polar surface area (TPSA) is 75.2 Å². The van der Waals surface area contributed by atoms with Crippen LogP contribution in [-0.4, -0.2) is 28.3 Å². The number of hydrogen-bond acceptors (Lipinski definition) is 4. The first-order valence-electron chi connectivity index (χ1n) is 6.46. The van der Waals surface area contributed by atoms with Crippen molar-refractivity contribution in [1.29, 1.82) is 0 Å². The van der Waals surface area contributed by atoms with Gasteiger partial charge >= 0.3 is 0 Å². The standard InChI is InChI=1S/C13H22N2O3/c1-4-6-11(18-5-2)12-14-9(3)10(7-8-16)13(17)15-12/h11,16H,4-8H2,1-3H3,(H,14,15,17). The fourth-order valence-electron chi connectivity index (χ4n) is 1.95. The molecule has 18 heavy (non-hydrogen) atoms. The number of aliphatic hydroxyl groups excluding tert-OH is 1. The molecule has 0 saturated carbocycles. The summed E-state index contributed by atoms with van der Waals surface area (Å²) >= 11 is 0. The van der Waals surface area contributed by atoms with Crippen LogP contribution in [0, 0.1) is 6.92 Å². The molecule has 5 heteroatoms. The quantitative estimate of drug-likeness (QED) is 0.773. The Kier molecular flexibility index (Phi) is 6.01. The average Bonchev–Trinajstić information content (AvgIpc) is 2.33. The molecule has 0 radical (unpaired) electrons. The first-order valence-corrected chi connectivity index (χ1v) is 6.46. The highest BCUT2D eigenvalue weighted by Crippen LogP contribution is 2.19. The van der Waals surface area contributed by atoms with E-state index in [1.54, 1.807) is 6.92 Å². The van der Waals surface area contributed by atoms with E-state index < -0.39 is 0 Å². The number of aromatic nitrogens is 2. The van der Waals surface area contributed by atoms with Crippen LogP contribution < -0.4 is 5.56 Å². The predicted octanol–water partition coefficient (Wildman–Crippen LogP) is 1.49. The van der Waals surface area contributed by atoms with Crippen LogP contribution in [0.2, 0.25) is 0 Å². The fraction of sp³-hybridized carbons (Fsp3) is 0.692. The van der Waals surface area contributed by atoms with E-state index in [9.17, 15) is 4.79 Å². The van der Waals surface area contributed by atoms with Gasteiger partial charge in [-0.25, -0.2) is 4.98 Å². The van der Waals surface area contributed by atoms with Gasteiger partial charge in [-0.3, -0.25) is 4.79 Å². The molecule has 1 heterocycles. The summed E-state index contributed by atoms with van der Waals surface area (Å²) in [5.41, 5.74) is 1.05. The van der Waals surface area contributed by atoms with Crippen molar-refractivity contribution >= 4 is 0 Å². The zero-order valence-electron chi connectivity index (χ0n) is 11.3. The molecule has 0 spiro atoms. The third kappa shape index (κ3) is 3.65. The Morgan fingerprint density at radius 3 is 2.67 bits per heavy atom. The van der Waals surface area contributed by atoms with Crippen LogP contribution in [0.1, 0.15) is 49.9 Å². The minimum absolute atomic E-state index is 0.0468. The Morgan fingerprint density at radius 2 is 2.17 bits per heavy atom. The number of rotatable bonds is 7. The lowest BCUT2D eigenvalue weighted by atomic mass is 10.1. The van der Waals surface area contributed by atoms with Crippen LogP contribution >= 0.6 is 0 Å². The number of H-pyrrole nitrogens is 1. The summed E-state index contributed by atoms with van der Waals surface area (Å²) in [6.07, 6.45) is 1.97. The molecule has 5 nitrogen and oxygen atoms in total. The van der Waals surface area contributed by atoms with E-state index in [2.05, 4.69) is 16.9 Å². The molecular weight excluding hydrogens is 232 g/mol. The lowest BCUT2D eigenvalue weighted by molar-refractivity contribution is 0.0490. The molecule has 0 bridgehead atoms. The highest BCUT2D eigenvalue weighted by atomic mass is 16.5. The molecule has 0 fully saturated rings. The second-order valence-electron chi connectivity index (χ2n) is 4.22. The average molecular weight is 254 g/mol. The number of aromatic amines is 1. The number of aryl methyl sites for hydroxylation is 1. The van der Waals surface area contributed by atoms with E-state index >= 15 is 0 Å². The van der Waals surface area contributed by atoms with Gasteiger partial charge in [0.25, 0.3) is 5.56 Å². The first-order chi connectivity index (χ1) is 8.63. The molecule has 102 valence electrons. The van der Waals surface area contributed by atoms with Crippen molar-refractivity contribution in [2.75, 3.05) is 13.2 Å². The molecule has 0 aliphatic carbocycles. The molecule has 2 N–H and O–H groups in total. The van der Waals surface area contributed by atoms with Crippen LogP contribution in [0.5, 0.6) is 0 Å². The van der Waals surface area contributed by atoms with Gasteiger partial charge in [0, 0.05) is 30.9 Å². The molecule has 0 amide bonds. The molecule has 1 aromatic heterocycles. The highest BCUT2D eigenvalue weighted by molar-refractivity contribution is 5.17. The maximum Gasteiger partial charge on any atom is 0.254 e. The zero-order chi connectivity index (χ0) is 13.5. The van der Waals surface area contributed by atoms with Crippen molar-refractivity contribution in [3.63, 3.8) is 0 Å². The summed E-state index contributed by atoms with van der Waals surface area (Å²) in [5, 5.41) is 8.91. The van der Waals surface area contributed by atoms with Crippen LogP contribution in [0.15, 0.2) is 4.79 Å². The summed E-state index contributed by atoms with van der Waals surface area (Å²) in [5.74, 6) is 0.586. The maximum absolute atomic E-state index is 11.9. The van der Waals surface area contributed by atoms with Gasteiger partial charge < -0.3 is 14.8 Å². The van der Waals surface area contributed by atoms with E-state index in [0.29, 0.717) is 30.1 Å². The van der Waals surface area contributed by atoms with Crippen molar-refractivity contribution in [2.45, 2.75) is 46.1 Å². The number of ether oxygens (including phenoxy) is 1. The molecule has 1 atom stereocenters. The number of nitrogens with one attached hydrogen (secondary N) is 1. The van der Waals surface area contributed by atoms with E-state index in [1.807, 2.05) is 6.92 Å². The highest BCUT2D eigenvalue weighted by Gasteiger charge is 2.16.